The van der Waals surface area contributed by atoms with E-state index < -0.39 is 0 Å². The Labute approximate surface area is 109 Å². The van der Waals surface area contributed by atoms with E-state index in [4.69, 9.17) is 4.74 Å². The first-order chi connectivity index (χ1) is 8.11. The van der Waals surface area contributed by atoms with Crippen LogP contribution < -0.4 is 5.32 Å². The van der Waals surface area contributed by atoms with Gasteiger partial charge in [-0.05, 0) is 38.1 Å². The lowest BCUT2D eigenvalue weighted by molar-refractivity contribution is -0.0618. The average molecular weight is 243 g/mol. The van der Waals surface area contributed by atoms with Crippen LogP contribution in [0.15, 0.2) is 0 Å². The quantitative estimate of drug-likeness (QED) is 0.626. The van der Waals surface area contributed by atoms with Crippen LogP contribution in [0.25, 0.3) is 0 Å². The summed E-state index contributed by atoms with van der Waals surface area (Å²) in [4.78, 5) is 0. The minimum atomic E-state index is 0.00373. The summed E-state index contributed by atoms with van der Waals surface area (Å²) in [7, 11) is 1.87. The highest BCUT2D eigenvalue weighted by atomic mass is 16.5. The highest BCUT2D eigenvalue weighted by molar-refractivity contribution is 4.94. The number of ether oxygens (including phenoxy) is 1. The van der Waals surface area contributed by atoms with Crippen molar-refractivity contribution in [1.29, 1.82) is 0 Å². The molecular weight excluding hydrogens is 210 g/mol. The van der Waals surface area contributed by atoms with Crippen LogP contribution in [0, 0.1) is 5.92 Å². The van der Waals surface area contributed by atoms with E-state index in [0.29, 0.717) is 12.0 Å². The topological polar surface area (TPSA) is 21.3 Å². The average Bonchev–Trinajstić information content (AvgIpc) is 2.35. The van der Waals surface area contributed by atoms with Crippen LogP contribution in [-0.4, -0.2) is 25.3 Å². The van der Waals surface area contributed by atoms with Gasteiger partial charge in [0.2, 0.25) is 0 Å². The van der Waals surface area contributed by atoms with E-state index in [0.717, 1.165) is 19.4 Å². The number of nitrogens with one attached hydrogen (secondary N) is 1. The second-order valence-electron chi connectivity index (χ2n) is 5.17. The molecule has 0 aromatic carbocycles. The van der Waals surface area contributed by atoms with E-state index >= 15 is 0 Å². The van der Waals surface area contributed by atoms with Crippen LogP contribution in [-0.2, 0) is 4.74 Å². The number of methoxy groups -OCH3 is 1. The van der Waals surface area contributed by atoms with Gasteiger partial charge in [-0.15, -0.1) is 0 Å². The third-order valence-corrected chi connectivity index (χ3v) is 4.10. The molecule has 0 heterocycles. The maximum atomic E-state index is 5.90. The van der Waals surface area contributed by atoms with E-state index in [9.17, 15) is 0 Å². The molecule has 0 rings (SSSR count). The van der Waals surface area contributed by atoms with E-state index in [-0.39, 0.29) is 5.60 Å². The molecule has 0 aromatic rings. The van der Waals surface area contributed by atoms with Crippen LogP contribution in [0.1, 0.15) is 66.7 Å². The van der Waals surface area contributed by atoms with Crippen LogP contribution in [0.2, 0.25) is 0 Å². The Kier molecular flexibility index (Phi) is 8.89. The summed E-state index contributed by atoms with van der Waals surface area (Å²) in [6.45, 7) is 12.4. The van der Waals surface area contributed by atoms with Crippen LogP contribution in [0.5, 0.6) is 0 Å². The van der Waals surface area contributed by atoms with Gasteiger partial charge in [-0.25, -0.2) is 0 Å². The maximum Gasteiger partial charge on any atom is 0.0828 e. The van der Waals surface area contributed by atoms with Crippen molar-refractivity contribution in [2.75, 3.05) is 13.7 Å². The molecule has 0 saturated heterocycles. The SMILES string of the molecule is CCCNC(C(C)CCC)C(CC)(CC)OC. The normalized spacial score (nSPS) is 15.9. The van der Waals surface area contributed by atoms with Crippen molar-refractivity contribution in [3.8, 4) is 0 Å². The Hall–Kier alpha value is -0.0800. The van der Waals surface area contributed by atoms with Gasteiger partial charge in [0, 0.05) is 13.2 Å². The summed E-state index contributed by atoms with van der Waals surface area (Å²) in [5, 5.41) is 3.72. The molecule has 0 aliphatic carbocycles. The Morgan fingerprint density at radius 1 is 1.06 bits per heavy atom. The largest absolute Gasteiger partial charge is 0.377 e. The molecule has 0 saturated carbocycles. The summed E-state index contributed by atoms with van der Waals surface area (Å²) in [5.74, 6) is 0.673. The Morgan fingerprint density at radius 2 is 1.65 bits per heavy atom. The highest BCUT2D eigenvalue weighted by Crippen LogP contribution is 2.30. The summed E-state index contributed by atoms with van der Waals surface area (Å²) >= 11 is 0. The van der Waals surface area contributed by atoms with Crippen LogP contribution >= 0.6 is 0 Å². The fourth-order valence-corrected chi connectivity index (χ4v) is 2.93. The smallest absolute Gasteiger partial charge is 0.0828 e. The third-order valence-electron chi connectivity index (χ3n) is 4.10. The Balaban J connectivity index is 4.83. The van der Waals surface area contributed by atoms with E-state index in [1.165, 1.54) is 19.3 Å². The van der Waals surface area contributed by atoms with Gasteiger partial charge < -0.3 is 10.1 Å². The minimum absolute atomic E-state index is 0.00373. The molecule has 0 fully saturated rings. The maximum absolute atomic E-state index is 5.90. The van der Waals surface area contributed by atoms with Crippen molar-refractivity contribution in [3.63, 3.8) is 0 Å². The molecular formula is C15H33NO. The zero-order valence-electron chi connectivity index (χ0n) is 12.8. The summed E-state index contributed by atoms with van der Waals surface area (Å²) in [6.07, 6.45) is 5.86. The predicted molar refractivity (Wildman–Crippen MR) is 76.5 cm³/mol. The van der Waals surface area contributed by atoms with Crippen molar-refractivity contribution in [2.45, 2.75) is 78.4 Å². The fraction of sp³-hybridized carbons (Fsp3) is 1.00. The van der Waals surface area contributed by atoms with Gasteiger partial charge in [-0.3, -0.25) is 0 Å². The zero-order valence-corrected chi connectivity index (χ0v) is 12.8. The lowest BCUT2D eigenvalue weighted by Gasteiger charge is -2.42. The first kappa shape index (κ1) is 16.9. The lowest BCUT2D eigenvalue weighted by Crippen LogP contribution is -2.55. The minimum Gasteiger partial charge on any atom is -0.377 e. The van der Waals surface area contributed by atoms with Crippen molar-refractivity contribution in [3.05, 3.63) is 0 Å². The van der Waals surface area contributed by atoms with Crippen molar-refractivity contribution in [1.82, 2.24) is 5.32 Å². The highest BCUT2D eigenvalue weighted by Gasteiger charge is 2.38. The van der Waals surface area contributed by atoms with Gasteiger partial charge in [0.05, 0.1) is 5.60 Å². The Morgan fingerprint density at radius 3 is 2.00 bits per heavy atom. The number of rotatable bonds is 10. The molecule has 0 spiro atoms. The molecule has 0 bridgehead atoms. The van der Waals surface area contributed by atoms with Gasteiger partial charge in [0.1, 0.15) is 0 Å². The molecule has 2 heteroatoms. The summed E-state index contributed by atoms with van der Waals surface area (Å²) in [5.41, 5.74) is 0.00373. The lowest BCUT2D eigenvalue weighted by atomic mass is 9.79. The number of hydrogen-bond acceptors (Lipinski definition) is 2. The molecule has 2 atom stereocenters. The zero-order chi connectivity index (χ0) is 13.3. The standard InChI is InChI=1S/C15H33NO/c1-7-11-13(5)14(16-12-8-2)15(9-3,10-4)17-6/h13-14,16H,7-12H2,1-6H3. The van der Waals surface area contributed by atoms with E-state index in [2.05, 4.69) is 39.9 Å². The molecule has 0 aromatic heterocycles. The van der Waals surface area contributed by atoms with Gasteiger partial charge in [-0.2, -0.15) is 0 Å². The molecule has 0 radical (unpaired) electrons. The second-order valence-corrected chi connectivity index (χ2v) is 5.17. The van der Waals surface area contributed by atoms with Gasteiger partial charge >= 0.3 is 0 Å². The molecule has 0 amide bonds. The van der Waals surface area contributed by atoms with Crippen molar-refractivity contribution in [2.24, 2.45) is 5.92 Å². The molecule has 1 N–H and O–H groups in total. The van der Waals surface area contributed by atoms with E-state index in [1.807, 2.05) is 7.11 Å². The first-order valence-corrected chi connectivity index (χ1v) is 7.40. The summed E-state index contributed by atoms with van der Waals surface area (Å²) in [6, 6.07) is 0.474. The molecule has 0 aliphatic heterocycles. The second kappa shape index (κ2) is 8.93. The van der Waals surface area contributed by atoms with Gasteiger partial charge in [0.25, 0.3) is 0 Å². The molecule has 2 nitrogen and oxygen atoms in total. The predicted octanol–water partition coefficient (Wildman–Crippen LogP) is 4.00. The molecule has 2 unspecified atom stereocenters. The van der Waals surface area contributed by atoms with E-state index in [1.54, 1.807) is 0 Å². The van der Waals surface area contributed by atoms with Gasteiger partial charge in [0.15, 0.2) is 0 Å². The fourth-order valence-electron chi connectivity index (χ4n) is 2.93. The van der Waals surface area contributed by atoms with Crippen LogP contribution in [0.3, 0.4) is 0 Å². The first-order valence-electron chi connectivity index (χ1n) is 7.40. The number of hydrogen-bond donors (Lipinski definition) is 1. The summed E-state index contributed by atoms with van der Waals surface area (Å²) < 4.78 is 5.90. The van der Waals surface area contributed by atoms with Crippen molar-refractivity contribution < 1.29 is 4.74 Å². The Bertz CT molecular complexity index is 169. The van der Waals surface area contributed by atoms with Gasteiger partial charge in [-0.1, -0.05) is 41.0 Å². The van der Waals surface area contributed by atoms with Crippen LogP contribution in [0.4, 0.5) is 0 Å². The van der Waals surface area contributed by atoms with Crippen molar-refractivity contribution >= 4 is 0 Å². The monoisotopic (exact) mass is 243 g/mol. The molecule has 0 aliphatic rings. The molecule has 104 valence electrons. The third kappa shape index (κ3) is 4.59. The molecule has 17 heavy (non-hydrogen) atoms.